The standard InChI is InChI=1S/C18H16N2O4/c1-22-14-7-8-15(23-2)13(9-14)11-19-20-18(21)17-10-12-5-3-4-6-16(12)24-17/h3-11H,1-2H3,(H,20,21)/b19-11+. The van der Waals surface area contributed by atoms with E-state index in [1.165, 1.54) is 6.21 Å². The van der Waals surface area contributed by atoms with E-state index in [1.807, 2.05) is 18.2 Å². The second-order valence-electron chi connectivity index (χ2n) is 4.96. The number of carbonyl (C=O) groups excluding carboxylic acids is 1. The number of hydrogen-bond acceptors (Lipinski definition) is 5. The quantitative estimate of drug-likeness (QED) is 0.578. The number of amides is 1. The van der Waals surface area contributed by atoms with Crippen LogP contribution in [-0.2, 0) is 0 Å². The molecule has 0 atom stereocenters. The summed E-state index contributed by atoms with van der Waals surface area (Å²) >= 11 is 0. The summed E-state index contributed by atoms with van der Waals surface area (Å²) < 4.78 is 15.9. The van der Waals surface area contributed by atoms with Gasteiger partial charge in [-0.15, -0.1) is 0 Å². The molecule has 0 aliphatic rings. The number of rotatable bonds is 5. The molecule has 24 heavy (non-hydrogen) atoms. The van der Waals surface area contributed by atoms with Gasteiger partial charge in [-0.3, -0.25) is 4.79 Å². The maximum atomic E-state index is 12.1. The Bertz CT molecular complexity index is 866. The van der Waals surface area contributed by atoms with E-state index in [2.05, 4.69) is 10.5 Å². The lowest BCUT2D eigenvalue weighted by molar-refractivity contribution is 0.0929. The third-order valence-corrected chi connectivity index (χ3v) is 3.46. The molecule has 0 unspecified atom stereocenters. The van der Waals surface area contributed by atoms with Crippen molar-refractivity contribution in [1.29, 1.82) is 0 Å². The maximum Gasteiger partial charge on any atom is 0.307 e. The van der Waals surface area contributed by atoms with Crippen LogP contribution in [0.5, 0.6) is 11.5 Å². The fraction of sp³-hybridized carbons (Fsp3) is 0.111. The van der Waals surface area contributed by atoms with Gasteiger partial charge in [-0.2, -0.15) is 5.10 Å². The highest BCUT2D eigenvalue weighted by atomic mass is 16.5. The number of hydrogen-bond donors (Lipinski definition) is 1. The molecule has 3 aromatic rings. The lowest BCUT2D eigenvalue weighted by Gasteiger charge is -2.06. The van der Waals surface area contributed by atoms with Gasteiger partial charge in [0, 0.05) is 10.9 Å². The van der Waals surface area contributed by atoms with Crippen molar-refractivity contribution < 1.29 is 18.7 Å². The molecule has 122 valence electrons. The summed E-state index contributed by atoms with van der Waals surface area (Å²) in [4.78, 5) is 12.1. The Kier molecular flexibility index (Phi) is 4.47. The smallest absolute Gasteiger partial charge is 0.307 e. The molecule has 0 aliphatic heterocycles. The number of nitrogens with zero attached hydrogens (tertiary/aromatic N) is 1. The topological polar surface area (TPSA) is 73.1 Å². The predicted octanol–water partition coefficient (Wildman–Crippen LogP) is 3.21. The van der Waals surface area contributed by atoms with Crippen LogP contribution in [0, 0.1) is 0 Å². The molecule has 0 spiro atoms. The van der Waals surface area contributed by atoms with Crippen molar-refractivity contribution in [2.75, 3.05) is 14.2 Å². The third kappa shape index (κ3) is 3.22. The van der Waals surface area contributed by atoms with Crippen LogP contribution in [0.25, 0.3) is 11.0 Å². The summed E-state index contributed by atoms with van der Waals surface area (Å²) in [6.45, 7) is 0. The van der Waals surface area contributed by atoms with Gasteiger partial charge in [-0.25, -0.2) is 5.43 Å². The number of fused-ring (bicyclic) bond motifs is 1. The minimum Gasteiger partial charge on any atom is -0.497 e. The van der Waals surface area contributed by atoms with Crippen molar-refractivity contribution >= 4 is 23.1 Å². The van der Waals surface area contributed by atoms with Gasteiger partial charge in [-0.05, 0) is 30.3 Å². The third-order valence-electron chi connectivity index (χ3n) is 3.46. The first-order chi connectivity index (χ1) is 11.7. The average Bonchev–Trinajstić information content (AvgIpc) is 3.05. The number of furan rings is 1. The van der Waals surface area contributed by atoms with E-state index in [4.69, 9.17) is 13.9 Å². The van der Waals surface area contributed by atoms with E-state index >= 15 is 0 Å². The molecule has 0 radical (unpaired) electrons. The van der Waals surface area contributed by atoms with E-state index in [0.29, 0.717) is 22.6 Å². The SMILES string of the molecule is COc1ccc(OC)c(/C=N/NC(=O)c2cc3ccccc3o2)c1. The number of nitrogens with one attached hydrogen (secondary N) is 1. The molecule has 6 heteroatoms. The van der Waals surface area contributed by atoms with Gasteiger partial charge in [-0.1, -0.05) is 18.2 Å². The highest BCUT2D eigenvalue weighted by molar-refractivity contribution is 5.96. The number of benzene rings is 2. The van der Waals surface area contributed by atoms with Crippen molar-refractivity contribution in [2.24, 2.45) is 5.10 Å². The molecule has 1 amide bonds. The lowest BCUT2D eigenvalue weighted by Crippen LogP contribution is -2.16. The highest BCUT2D eigenvalue weighted by Crippen LogP contribution is 2.22. The van der Waals surface area contributed by atoms with Crippen LogP contribution in [-0.4, -0.2) is 26.3 Å². The van der Waals surface area contributed by atoms with Crippen LogP contribution >= 0.6 is 0 Å². The molecule has 0 bridgehead atoms. The molecule has 0 saturated heterocycles. The number of methoxy groups -OCH3 is 2. The maximum absolute atomic E-state index is 12.1. The monoisotopic (exact) mass is 324 g/mol. The van der Waals surface area contributed by atoms with Crippen molar-refractivity contribution in [3.63, 3.8) is 0 Å². The molecule has 6 nitrogen and oxygen atoms in total. The fourth-order valence-electron chi connectivity index (χ4n) is 2.25. The summed E-state index contributed by atoms with van der Waals surface area (Å²) in [5.74, 6) is 1.06. The van der Waals surface area contributed by atoms with Gasteiger partial charge >= 0.3 is 5.91 Å². The van der Waals surface area contributed by atoms with Crippen molar-refractivity contribution in [3.05, 3.63) is 59.9 Å². The van der Waals surface area contributed by atoms with Crippen LogP contribution in [0.15, 0.2) is 58.0 Å². The molecule has 1 aromatic heterocycles. The van der Waals surface area contributed by atoms with E-state index in [0.717, 1.165) is 5.39 Å². The van der Waals surface area contributed by atoms with Crippen LogP contribution in [0.2, 0.25) is 0 Å². The summed E-state index contributed by atoms with van der Waals surface area (Å²) in [6.07, 6.45) is 1.49. The first-order valence-electron chi connectivity index (χ1n) is 7.25. The van der Waals surface area contributed by atoms with Gasteiger partial charge < -0.3 is 13.9 Å². The summed E-state index contributed by atoms with van der Waals surface area (Å²) in [6, 6.07) is 14.4. The van der Waals surface area contributed by atoms with Crippen LogP contribution in [0.1, 0.15) is 16.1 Å². The zero-order chi connectivity index (χ0) is 16.9. The van der Waals surface area contributed by atoms with Gasteiger partial charge in [0.1, 0.15) is 17.1 Å². The van der Waals surface area contributed by atoms with E-state index < -0.39 is 5.91 Å². The Hall–Kier alpha value is -3.28. The Balaban J connectivity index is 1.75. The van der Waals surface area contributed by atoms with Crippen LogP contribution in [0.4, 0.5) is 0 Å². The molecule has 1 heterocycles. The Labute approximate surface area is 138 Å². The minimum atomic E-state index is -0.427. The first-order valence-corrected chi connectivity index (χ1v) is 7.25. The van der Waals surface area contributed by atoms with Crippen molar-refractivity contribution in [3.8, 4) is 11.5 Å². The Morgan fingerprint density at radius 1 is 1.12 bits per heavy atom. The number of carbonyl (C=O) groups is 1. The molecule has 0 saturated carbocycles. The van der Waals surface area contributed by atoms with E-state index in [1.54, 1.807) is 44.6 Å². The van der Waals surface area contributed by atoms with Gasteiger partial charge in [0.25, 0.3) is 0 Å². The molecule has 0 fully saturated rings. The average molecular weight is 324 g/mol. The summed E-state index contributed by atoms with van der Waals surface area (Å²) in [5, 5.41) is 4.81. The zero-order valence-electron chi connectivity index (χ0n) is 13.3. The Morgan fingerprint density at radius 3 is 2.71 bits per heavy atom. The van der Waals surface area contributed by atoms with E-state index in [-0.39, 0.29) is 5.76 Å². The highest BCUT2D eigenvalue weighted by Gasteiger charge is 2.11. The number of ether oxygens (including phenoxy) is 2. The lowest BCUT2D eigenvalue weighted by atomic mass is 10.2. The molecular formula is C18H16N2O4. The second kappa shape index (κ2) is 6.87. The summed E-state index contributed by atoms with van der Waals surface area (Å²) in [7, 11) is 3.14. The van der Waals surface area contributed by atoms with Gasteiger partial charge in [0.05, 0.1) is 20.4 Å². The largest absolute Gasteiger partial charge is 0.497 e. The first kappa shape index (κ1) is 15.6. The van der Waals surface area contributed by atoms with Crippen LogP contribution in [0.3, 0.4) is 0 Å². The number of para-hydroxylation sites is 1. The van der Waals surface area contributed by atoms with E-state index in [9.17, 15) is 4.79 Å². The Morgan fingerprint density at radius 2 is 1.96 bits per heavy atom. The second-order valence-corrected chi connectivity index (χ2v) is 4.96. The minimum absolute atomic E-state index is 0.200. The summed E-state index contributed by atoms with van der Waals surface area (Å²) in [5.41, 5.74) is 3.77. The normalized spacial score (nSPS) is 10.9. The molecule has 1 N–H and O–H groups in total. The molecule has 3 rings (SSSR count). The fourth-order valence-corrected chi connectivity index (χ4v) is 2.25. The molecule has 2 aromatic carbocycles. The van der Waals surface area contributed by atoms with Crippen molar-refractivity contribution in [1.82, 2.24) is 5.43 Å². The van der Waals surface area contributed by atoms with Gasteiger partial charge in [0.15, 0.2) is 5.76 Å². The zero-order valence-corrected chi connectivity index (χ0v) is 13.3. The molecule has 0 aliphatic carbocycles. The van der Waals surface area contributed by atoms with Crippen molar-refractivity contribution in [2.45, 2.75) is 0 Å². The molecular weight excluding hydrogens is 308 g/mol. The van der Waals surface area contributed by atoms with Crippen LogP contribution < -0.4 is 14.9 Å². The predicted molar refractivity (Wildman–Crippen MR) is 90.8 cm³/mol. The number of hydrazone groups is 1. The van der Waals surface area contributed by atoms with Gasteiger partial charge in [0.2, 0.25) is 0 Å².